The van der Waals surface area contributed by atoms with E-state index in [0.717, 1.165) is 59.9 Å². The fourth-order valence-corrected chi connectivity index (χ4v) is 4.96. The zero-order chi connectivity index (χ0) is 28.0. The van der Waals surface area contributed by atoms with Crippen molar-refractivity contribution in [1.82, 2.24) is 14.5 Å². The second-order valence-electron chi connectivity index (χ2n) is 9.49. The van der Waals surface area contributed by atoms with Crippen LogP contribution in [0.5, 0.6) is 11.5 Å². The SMILES string of the molecule is CCCCc1nc2c(N)nc3ccc(CCCOCCCN)cc3c2n1Cc1cc(OP(=O)(O)O)ccc1O. The molecule has 12 heteroatoms. The first-order chi connectivity index (χ1) is 18.7. The summed E-state index contributed by atoms with van der Waals surface area (Å²) in [5.41, 5.74) is 15.5. The predicted octanol–water partition coefficient (Wildman–Crippen LogP) is 4.03. The molecule has 11 nitrogen and oxygen atoms in total. The number of phosphoric ester groups is 1. The average Bonchev–Trinajstić information content (AvgIpc) is 3.25. The number of fused-ring (bicyclic) bond motifs is 3. The highest BCUT2D eigenvalue weighted by atomic mass is 31.2. The van der Waals surface area contributed by atoms with E-state index in [9.17, 15) is 19.5 Å². The average molecular weight is 558 g/mol. The van der Waals surface area contributed by atoms with Gasteiger partial charge in [-0.2, -0.15) is 0 Å². The Balaban J connectivity index is 1.76. The number of unbranched alkanes of at least 4 members (excludes halogenated alkanes) is 1. The molecule has 2 aromatic heterocycles. The molecule has 2 aromatic carbocycles. The summed E-state index contributed by atoms with van der Waals surface area (Å²) in [7, 11) is -4.76. The Labute approximate surface area is 227 Å². The van der Waals surface area contributed by atoms with Crippen LogP contribution in [0.3, 0.4) is 0 Å². The minimum atomic E-state index is -4.76. The summed E-state index contributed by atoms with van der Waals surface area (Å²) in [5, 5.41) is 11.5. The van der Waals surface area contributed by atoms with Gasteiger partial charge in [-0.25, -0.2) is 14.5 Å². The number of aromatic nitrogens is 3. The van der Waals surface area contributed by atoms with Crippen molar-refractivity contribution < 1.29 is 28.7 Å². The highest BCUT2D eigenvalue weighted by Gasteiger charge is 2.21. The Morgan fingerprint density at radius 1 is 1.03 bits per heavy atom. The lowest BCUT2D eigenvalue weighted by molar-refractivity contribution is 0.131. The maximum absolute atomic E-state index is 11.4. The number of hydrogen-bond donors (Lipinski definition) is 5. The van der Waals surface area contributed by atoms with Crippen molar-refractivity contribution >= 4 is 35.6 Å². The van der Waals surface area contributed by atoms with E-state index in [0.29, 0.717) is 43.1 Å². The van der Waals surface area contributed by atoms with Crippen molar-refractivity contribution in [3.8, 4) is 11.5 Å². The Bertz CT molecular complexity index is 1490. The van der Waals surface area contributed by atoms with Crippen molar-refractivity contribution in [3.63, 3.8) is 0 Å². The molecule has 0 saturated heterocycles. The number of pyridine rings is 1. The van der Waals surface area contributed by atoms with Gasteiger partial charge in [-0.15, -0.1) is 0 Å². The minimum Gasteiger partial charge on any atom is -0.508 e. The van der Waals surface area contributed by atoms with E-state index in [2.05, 4.69) is 18.0 Å². The van der Waals surface area contributed by atoms with Crippen molar-refractivity contribution in [2.24, 2.45) is 5.73 Å². The fourth-order valence-electron chi connectivity index (χ4n) is 4.57. The molecule has 0 spiro atoms. The van der Waals surface area contributed by atoms with E-state index in [1.54, 1.807) is 0 Å². The van der Waals surface area contributed by atoms with Gasteiger partial charge in [0.15, 0.2) is 5.82 Å². The molecule has 7 N–H and O–H groups in total. The zero-order valence-corrected chi connectivity index (χ0v) is 22.9. The Morgan fingerprint density at radius 2 is 1.82 bits per heavy atom. The van der Waals surface area contributed by atoms with Crippen molar-refractivity contribution in [2.75, 3.05) is 25.5 Å². The summed E-state index contributed by atoms with van der Waals surface area (Å²) in [4.78, 5) is 27.9. The molecule has 4 aromatic rings. The molecule has 0 bridgehead atoms. The van der Waals surface area contributed by atoms with Crippen LogP contribution in [0.4, 0.5) is 5.82 Å². The first kappa shape index (κ1) is 28.8. The van der Waals surface area contributed by atoms with Gasteiger partial charge >= 0.3 is 7.82 Å². The molecule has 0 aliphatic heterocycles. The van der Waals surface area contributed by atoms with Crippen LogP contribution in [-0.2, 0) is 28.7 Å². The summed E-state index contributed by atoms with van der Waals surface area (Å²) in [6, 6.07) is 10.2. The van der Waals surface area contributed by atoms with Gasteiger partial charge in [-0.3, -0.25) is 9.79 Å². The van der Waals surface area contributed by atoms with Gasteiger partial charge in [-0.1, -0.05) is 19.4 Å². The maximum atomic E-state index is 11.4. The Kier molecular flexibility index (Phi) is 9.42. The molecule has 0 unspecified atom stereocenters. The second kappa shape index (κ2) is 12.8. The number of benzene rings is 2. The van der Waals surface area contributed by atoms with E-state index < -0.39 is 7.82 Å². The summed E-state index contributed by atoms with van der Waals surface area (Å²) in [6.45, 7) is 4.21. The van der Waals surface area contributed by atoms with E-state index in [1.165, 1.54) is 18.2 Å². The number of imidazole rings is 1. The molecule has 4 rings (SSSR count). The standard InChI is InChI=1S/C27H36N5O6P/c1-2-3-7-24-31-25-26(32(24)17-19-16-20(9-11-23(19)33)38-39(34,35)36)21-15-18(6-4-13-37-14-5-12-28)8-10-22(21)30-27(25)29/h8-11,15-16,33H,2-7,12-14,17,28H2,1H3,(H2,29,30)(H2,34,35,36). The Morgan fingerprint density at radius 3 is 2.56 bits per heavy atom. The lowest BCUT2D eigenvalue weighted by atomic mass is 10.1. The normalized spacial score (nSPS) is 12.0. The van der Waals surface area contributed by atoms with Crippen LogP contribution >= 0.6 is 7.82 Å². The van der Waals surface area contributed by atoms with Gasteiger partial charge in [0.25, 0.3) is 0 Å². The van der Waals surface area contributed by atoms with Crippen LogP contribution in [0.25, 0.3) is 21.9 Å². The number of aromatic hydroxyl groups is 1. The van der Waals surface area contributed by atoms with Crippen LogP contribution in [0.15, 0.2) is 36.4 Å². The predicted molar refractivity (Wildman–Crippen MR) is 151 cm³/mol. The lowest BCUT2D eigenvalue weighted by Gasteiger charge is -2.14. The molecule has 39 heavy (non-hydrogen) atoms. The molecule has 0 atom stereocenters. The smallest absolute Gasteiger partial charge is 0.508 e. The molecule has 0 fully saturated rings. The summed E-state index contributed by atoms with van der Waals surface area (Å²) >= 11 is 0. The third-order valence-corrected chi connectivity index (χ3v) is 6.90. The maximum Gasteiger partial charge on any atom is 0.524 e. The highest BCUT2D eigenvalue weighted by Crippen LogP contribution is 2.39. The molecule has 0 aliphatic carbocycles. The lowest BCUT2D eigenvalue weighted by Crippen LogP contribution is -2.07. The third-order valence-electron chi connectivity index (χ3n) is 6.45. The van der Waals surface area contributed by atoms with Crippen LogP contribution in [0, 0.1) is 0 Å². The molecular formula is C27H36N5O6P. The number of nitrogens with two attached hydrogens (primary N) is 2. The Hall–Kier alpha value is -3.21. The minimum absolute atomic E-state index is 0.0296. The number of phenols is 1. The van der Waals surface area contributed by atoms with Crippen molar-refractivity contribution in [2.45, 2.75) is 52.0 Å². The number of hydrogen-bond acceptors (Lipinski definition) is 8. The van der Waals surface area contributed by atoms with Crippen LogP contribution in [0.1, 0.15) is 49.6 Å². The van der Waals surface area contributed by atoms with Gasteiger partial charge in [0.05, 0.1) is 17.6 Å². The number of nitrogen functional groups attached to an aromatic ring is 1. The molecule has 0 amide bonds. The number of phenolic OH excluding ortho intramolecular Hbond substituents is 1. The molecule has 210 valence electrons. The summed E-state index contributed by atoms with van der Waals surface area (Å²) in [6.07, 6.45) is 5.08. The van der Waals surface area contributed by atoms with Crippen LogP contribution < -0.4 is 16.0 Å². The van der Waals surface area contributed by atoms with Crippen molar-refractivity contribution in [1.29, 1.82) is 0 Å². The monoisotopic (exact) mass is 557 g/mol. The van der Waals surface area contributed by atoms with Gasteiger partial charge in [-0.05, 0) is 68.1 Å². The molecule has 0 aliphatic rings. The van der Waals surface area contributed by atoms with Gasteiger partial charge < -0.3 is 30.4 Å². The third kappa shape index (κ3) is 7.26. The first-order valence-electron chi connectivity index (χ1n) is 13.1. The van der Waals surface area contributed by atoms with E-state index in [4.69, 9.17) is 25.7 Å². The fraction of sp³-hybridized carbons (Fsp3) is 0.407. The number of anilines is 1. The number of aryl methyl sites for hydroxylation is 2. The number of ether oxygens (including phenoxy) is 1. The number of phosphoric acid groups is 1. The van der Waals surface area contributed by atoms with Gasteiger partial charge in [0, 0.05) is 30.6 Å². The van der Waals surface area contributed by atoms with Gasteiger partial charge in [0.1, 0.15) is 22.8 Å². The molecule has 0 saturated carbocycles. The second-order valence-corrected chi connectivity index (χ2v) is 10.7. The largest absolute Gasteiger partial charge is 0.524 e. The van der Waals surface area contributed by atoms with Gasteiger partial charge in [0.2, 0.25) is 0 Å². The van der Waals surface area contributed by atoms with E-state index in [1.807, 2.05) is 16.7 Å². The molecular weight excluding hydrogens is 521 g/mol. The summed E-state index contributed by atoms with van der Waals surface area (Å²) in [5.74, 6) is 1.03. The quantitative estimate of drug-likeness (QED) is 0.112. The summed E-state index contributed by atoms with van der Waals surface area (Å²) < 4.78 is 23.8. The zero-order valence-electron chi connectivity index (χ0n) is 22.0. The molecule has 2 heterocycles. The topological polar surface area (TPSA) is 179 Å². The first-order valence-corrected chi connectivity index (χ1v) is 14.6. The molecule has 0 radical (unpaired) electrons. The van der Waals surface area contributed by atoms with Crippen LogP contribution in [0.2, 0.25) is 0 Å². The highest BCUT2D eigenvalue weighted by molar-refractivity contribution is 7.46. The number of rotatable bonds is 14. The van der Waals surface area contributed by atoms with E-state index in [-0.39, 0.29) is 18.0 Å². The van der Waals surface area contributed by atoms with Crippen molar-refractivity contribution in [3.05, 3.63) is 53.3 Å². The van der Waals surface area contributed by atoms with Crippen LogP contribution in [-0.4, -0.2) is 49.2 Å². The van der Waals surface area contributed by atoms with E-state index >= 15 is 0 Å². The number of nitrogens with zero attached hydrogens (tertiary/aromatic N) is 3.